The van der Waals surface area contributed by atoms with Crippen LogP contribution in [-0.2, 0) is 6.54 Å². The predicted molar refractivity (Wildman–Crippen MR) is 190 cm³/mol. The highest BCUT2D eigenvalue weighted by Gasteiger charge is 2.44. The topological polar surface area (TPSA) is 115 Å². The van der Waals surface area contributed by atoms with Gasteiger partial charge in [0, 0.05) is 57.3 Å². The number of piperazine rings is 2. The van der Waals surface area contributed by atoms with Crippen LogP contribution >= 0.6 is 24.8 Å². The van der Waals surface area contributed by atoms with Crippen molar-refractivity contribution >= 4 is 30.7 Å². The zero-order chi connectivity index (χ0) is 35.3. The second kappa shape index (κ2) is 17.9. The molecule has 0 radical (unpaired) electrons. The highest BCUT2D eigenvalue weighted by Crippen LogP contribution is 2.38. The van der Waals surface area contributed by atoms with Crippen LogP contribution in [0.4, 0.5) is 13.2 Å². The number of methoxy groups -OCH3 is 3. The van der Waals surface area contributed by atoms with Crippen molar-refractivity contribution in [1.29, 1.82) is 0 Å². The van der Waals surface area contributed by atoms with Crippen molar-refractivity contribution in [2.75, 3.05) is 60.7 Å². The van der Waals surface area contributed by atoms with Gasteiger partial charge in [-0.05, 0) is 11.1 Å². The van der Waals surface area contributed by atoms with Crippen molar-refractivity contribution in [2.45, 2.75) is 30.7 Å². The summed E-state index contributed by atoms with van der Waals surface area (Å²) in [5.74, 6) is -0.312. The predicted octanol–water partition coefficient (Wildman–Crippen LogP) is 4.92. The van der Waals surface area contributed by atoms with Gasteiger partial charge < -0.3 is 23.8 Å². The molecule has 0 aliphatic carbocycles. The van der Waals surface area contributed by atoms with Gasteiger partial charge in [0.25, 0.3) is 5.91 Å². The molecule has 52 heavy (non-hydrogen) atoms. The average Bonchev–Trinajstić information content (AvgIpc) is 3.14. The molecule has 0 bridgehead atoms. The number of alkyl halides is 3. The summed E-state index contributed by atoms with van der Waals surface area (Å²) in [5.41, 5.74) is 2.68. The van der Waals surface area contributed by atoms with E-state index in [1.54, 1.807) is 4.90 Å². The smallest absolute Gasteiger partial charge is 0.422 e. The van der Waals surface area contributed by atoms with E-state index in [1.165, 1.54) is 33.7 Å². The summed E-state index contributed by atoms with van der Waals surface area (Å²) in [6.07, 6.45) is -1.73. The lowest BCUT2D eigenvalue weighted by Gasteiger charge is -2.53. The van der Waals surface area contributed by atoms with E-state index in [1.807, 2.05) is 36.4 Å². The van der Waals surface area contributed by atoms with E-state index >= 15 is 0 Å². The Morgan fingerprint density at radius 1 is 0.827 bits per heavy atom. The molecule has 12 nitrogen and oxygen atoms in total. The van der Waals surface area contributed by atoms with Crippen LogP contribution in [0.25, 0.3) is 0 Å². The number of rotatable bonds is 11. The van der Waals surface area contributed by atoms with Crippen LogP contribution in [0.2, 0.25) is 0 Å². The van der Waals surface area contributed by atoms with E-state index in [0.717, 1.165) is 11.1 Å². The largest absolute Gasteiger partial charge is 0.481 e. The molecule has 1 amide bonds. The van der Waals surface area contributed by atoms with Gasteiger partial charge in [0.1, 0.15) is 0 Å². The summed E-state index contributed by atoms with van der Waals surface area (Å²) >= 11 is 0. The third kappa shape index (κ3) is 9.31. The van der Waals surface area contributed by atoms with Gasteiger partial charge in [-0.2, -0.15) is 23.1 Å². The molecule has 0 unspecified atom stereocenters. The Hall–Kier alpha value is -4.44. The van der Waals surface area contributed by atoms with Crippen molar-refractivity contribution < 1.29 is 36.9 Å². The quantitative estimate of drug-likeness (QED) is 0.207. The summed E-state index contributed by atoms with van der Waals surface area (Å²) in [4.78, 5) is 36.9. The SMILES string of the molecule is COc1cncc(C(=O)N2CCN3[C@@H](CN(Cc4c(OC)nc(OC)nc4OCC(F)(F)F)C[C@H]3C(c3ccccc3)c3ccccc3)C2)n1.Cl.Cl. The molecule has 2 aliphatic rings. The maximum atomic E-state index is 13.7. The number of hydrogen-bond donors (Lipinski definition) is 0. The number of ether oxygens (including phenoxy) is 4. The molecule has 2 atom stereocenters. The zero-order valence-electron chi connectivity index (χ0n) is 28.7. The van der Waals surface area contributed by atoms with Gasteiger partial charge >= 0.3 is 12.2 Å². The summed E-state index contributed by atoms with van der Waals surface area (Å²) in [5, 5.41) is 0. The summed E-state index contributed by atoms with van der Waals surface area (Å²) in [7, 11) is 4.16. The van der Waals surface area contributed by atoms with Gasteiger partial charge in [0.15, 0.2) is 12.3 Å². The molecule has 4 heterocycles. The van der Waals surface area contributed by atoms with Gasteiger partial charge in [-0.1, -0.05) is 60.7 Å². The van der Waals surface area contributed by atoms with Gasteiger partial charge in [0.2, 0.25) is 17.6 Å². The van der Waals surface area contributed by atoms with Gasteiger partial charge in [-0.15, -0.1) is 24.8 Å². The fraction of sp³-hybridized carbons (Fsp3) is 0.400. The number of fused-ring (bicyclic) bond motifs is 1. The van der Waals surface area contributed by atoms with E-state index in [0.29, 0.717) is 32.7 Å². The van der Waals surface area contributed by atoms with Crippen molar-refractivity contribution in [3.05, 3.63) is 95.4 Å². The lowest BCUT2D eigenvalue weighted by Crippen LogP contribution is -2.67. The van der Waals surface area contributed by atoms with Crippen LogP contribution in [-0.4, -0.2) is 119 Å². The fourth-order valence-electron chi connectivity index (χ4n) is 6.80. The minimum Gasteiger partial charge on any atom is -0.481 e. The van der Waals surface area contributed by atoms with E-state index in [2.05, 4.69) is 54.0 Å². The number of benzene rings is 2. The Morgan fingerprint density at radius 3 is 2.08 bits per heavy atom. The first-order valence-corrected chi connectivity index (χ1v) is 16.1. The molecule has 2 aliphatic heterocycles. The molecule has 4 aromatic rings. The fourth-order valence-corrected chi connectivity index (χ4v) is 6.80. The first-order chi connectivity index (χ1) is 24.2. The number of carbonyl (C=O) groups excluding carboxylic acids is 1. The maximum Gasteiger partial charge on any atom is 0.422 e. The number of carbonyl (C=O) groups is 1. The molecule has 6 rings (SSSR count). The normalized spacial score (nSPS) is 17.7. The van der Waals surface area contributed by atoms with Crippen LogP contribution in [0.15, 0.2) is 73.1 Å². The number of halogens is 5. The molecule has 17 heteroatoms. The summed E-state index contributed by atoms with van der Waals surface area (Å²) < 4.78 is 61.0. The van der Waals surface area contributed by atoms with Crippen molar-refractivity contribution in [3.63, 3.8) is 0 Å². The molecule has 0 spiro atoms. The Bertz CT molecular complexity index is 1720. The molecule has 0 saturated carbocycles. The molecule has 0 N–H and O–H groups in total. The zero-order valence-corrected chi connectivity index (χ0v) is 30.4. The maximum absolute atomic E-state index is 13.7. The van der Waals surface area contributed by atoms with Gasteiger partial charge in [0.05, 0.1) is 39.3 Å². The lowest BCUT2D eigenvalue weighted by atomic mass is 9.81. The minimum atomic E-state index is -4.59. The van der Waals surface area contributed by atoms with Crippen molar-refractivity contribution in [2.24, 2.45) is 0 Å². The lowest BCUT2D eigenvalue weighted by molar-refractivity contribution is -0.154. The first-order valence-electron chi connectivity index (χ1n) is 16.1. The monoisotopic (exact) mass is 765 g/mol. The van der Waals surface area contributed by atoms with Gasteiger partial charge in [-0.3, -0.25) is 19.6 Å². The van der Waals surface area contributed by atoms with Crippen LogP contribution in [0.5, 0.6) is 23.7 Å². The Kier molecular flexibility index (Phi) is 13.9. The number of amides is 1. The Morgan fingerprint density at radius 2 is 1.48 bits per heavy atom. The third-order valence-corrected chi connectivity index (χ3v) is 8.94. The molecular formula is C35H40Cl2F3N7O5. The van der Waals surface area contributed by atoms with Crippen LogP contribution in [0, 0.1) is 0 Å². The number of aromatic nitrogens is 4. The molecular weight excluding hydrogens is 726 g/mol. The second-order valence-corrected chi connectivity index (χ2v) is 12.1. The second-order valence-electron chi connectivity index (χ2n) is 12.1. The Balaban J connectivity index is 0.00000302. The van der Waals surface area contributed by atoms with Crippen LogP contribution in [0.3, 0.4) is 0 Å². The highest BCUT2D eigenvalue weighted by molar-refractivity contribution is 5.92. The summed E-state index contributed by atoms with van der Waals surface area (Å²) in [6.45, 7) is 1.04. The minimum absolute atomic E-state index is 0. The summed E-state index contributed by atoms with van der Waals surface area (Å²) in [6, 6.07) is 20.0. The van der Waals surface area contributed by atoms with E-state index in [-0.39, 0.29) is 90.2 Å². The molecule has 280 valence electrons. The number of nitrogens with zero attached hydrogens (tertiary/aromatic N) is 7. The molecule has 2 aromatic heterocycles. The number of hydrogen-bond acceptors (Lipinski definition) is 11. The van der Waals surface area contributed by atoms with Crippen LogP contribution < -0.4 is 18.9 Å². The Labute approximate surface area is 312 Å². The van der Waals surface area contributed by atoms with Gasteiger partial charge in [-0.25, -0.2) is 4.98 Å². The van der Waals surface area contributed by atoms with E-state index in [9.17, 15) is 18.0 Å². The van der Waals surface area contributed by atoms with E-state index < -0.39 is 12.8 Å². The van der Waals surface area contributed by atoms with Crippen LogP contribution in [0.1, 0.15) is 33.1 Å². The standard InChI is InChI=1S/C35H38F3N7O5.2ClH/c1-47-29-17-39-16-27(40-29)33(46)44-14-15-45-25(19-44)18-43(20-26-31(48-2)41-34(49-3)42-32(26)50-22-35(36,37)38)21-28(45)30(23-10-6-4-7-11-23)24-12-8-5-9-13-24;;/h4-13,16-17,25,28,30H,14-15,18-22H2,1-3H3;2*1H/t25-,28-;;/m0../s1. The van der Waals surface area contributed by atoms with Crippen molar-refractivity contribution in [3.8, 4) is 23.7 Å². The average molecular weight is 767 g/mol. The van der Waals surface area contributed by atoms with E-state index in [4.69, 9.17) is 18.9 Å². The molecule has 2 saturated heterocycles. The highest BCUT2D eigenvalue weighted by atomic mass is 35.5. The molecule has 2 fully saturated rings. The molecule has 2 aromatic carbocycles. The first kappa shape index (κ1) is 40.3. The third-order valence-electron chi connectivity index (χ3n) is 8.94. The van der Waals surface area contributed by atoms with Crippen molar-refractivity contribution in [1.82, 2.24) is 34.6 Å².